The van der Waals surface area contributed by atoms with Crippen molar-refractivity contribution in [2.24, 2.45) is 5.92 Å². The predicted octanol–water partition coefficient (Wildman–Crippen LogP) is 2.29. The van der Waals surface area contributed by atoms with Crippen LogP contribution in [0.3, 0.4) is 0 Å². The number of aromatic nitrogens is 4. The summed E-state index contributed by atoms with van der Waals surface area (Å²) in [6.45, 7) is 8.86. The van der Waals surface area contributed by atoms with Gasteiger partial charge in [-0.3, -0.25) is 9.78 Å². The molecule has 2 aromatic rings. The summed E-state index contributed by atoms with van der Waals surface area (Å²) in [5.41, 5.74) is 0.975. The first-order valence-corrected chi connectivity index (χ1v) is 8.31. The van der Waals surface area contributed by atoms with Gasteiger partial charge in [0.05, 0.1) is 5.25 Å². The van der Waals surface area contributed by atoms with E-state index in [0.29, 0.717) is 13.1 Å². The molecule has 122 valence electrons. The Kier molecular flexibility index (Phi) is 6.34. The average Bonchev–Trinajstić information content (AvgIpc) is 2.98. The van der Waals surface area contributed by atoms with Gasteiger partial charge in [0.15, 0.2) is 5.16 Å². The molecule has 1 N–H and O–H groups in total. The Bertz CT molecular complexity index is 641. The lowest BCUT2D eigenvalue weighted by Gasteiger charge is -2.19. The third-order valence-corrected chi connectivity index (χ3v) is 4.73. The molecule has 0 aliphatic heterocycles. The van der Waals surface area contributed by atoms with Crippen molar-refractivity contribution in [3.05, 3.63) is 49.1 Å². The Morgan fingerprint density at radius 3 is 3.00 bits per heavy atom. The van der Waals surface area contributed by atoms with Gasteiger partial charge in [0.25, 0.3) is 0 Å². The summed E-state index contributed by atoms with van der Waals surface area (Å²) in [5.74, 6) is 0.157. The number of pyridine rings is 1. The standard InChI is InChI=1S/C16H21N5OS/c1-4-8-21-11-19-20-16(21)23-14(12(2)3)15(22)18-10-13-6-5-7-17-9-13/h4-7,9,11-12,14H,1,8,10H2,2-3H3,(H,18,22)/t14-/m0/s1. The molecule has 0 fully saturated rings. The van der Waals surface area contributed by atoms with Crippen LogP contribution < -0.4 is 5.32 Å². The highest BCUT2D eigenvalue weighted by molar-refractivity contribution is 8.00. The number of nitrogens with zero attached hydrogens (tertiary/aromatic N) is 4. The molecule has 0 aromatic carbocycles. The molecule has 2 heterocycles. The molecule has 0 aliphatic rings. The third kappa shape index (κ3) is 4.92. The van der Waals surface area contributed by atoms with E-state index < -0.39 is 0 Å². The molecule has 1 atom stereocenters. The zero-order chi connectivity index (χ0) is 16.7. The Morgan fingerprint density at radius 2 is 2.35 bits per heavy atom. The van der Waals surface area contributed by atoms with Gasteiger partial charge in [-0.25, -0.2) is 0 Å². The van der Waals surface area contributed by atoms with Gasteiger partial charge < -0.3 is 9.88 Å². The van der Waals surface area contributed by atoms with Crippen LogP contribution in [0.1, 0.15) is 19.4 Å². The maximum absolute atomic E-state index is 12.5. The van der Waals surface area contributed by atoms with Gasteiger partial charge in [-0.1, -0.05) is 37.8 Å². The summed E-state index contributed by atoms with van der Waals surface area (Å²) in [4.78, 5) is 16.6. The lowest BCUT2D eigenvalue weighted by molar-refractivity contribution is -0.121. The summed E-state index contributed by atoms with van der Waals surface area (Å²) in [7, 11) is 0. The SMILES string of the molecule is C=CCn1cnnc1S[C@H](C(=O)NCc1cccnc1)C(C)C. The fourth-order valence-electron chi connectivity index (χ4n) is 2.00. The van der Waals surface area contributed by atoms with E-state index in [9.17, 15) is 4.79 Å². The molecule has 0 spiro atoms. The van der Waals surface area contributed by atoms with E-state index in [0.717, 1.165) is 10.7 Å². The molecule has 0 bridgehead atoms. The van der Waals surface area contributed by atoms with Crippen LogP contribution in [0.15, 0.2) is 48.7 Å². The van der Waals surface area contributed by atoms with Gasteiger partial charge in [0, 0.05) is 25.5 Å². The number of allylic oxidation sites excluding steroid dienone is 1. The van der Waals surface area contributed by atoms with Crippen molar-refractivity contribution in [3.8, 4) is 0 Å². The molecule has 0 radical (unpaired) electrons. The average molecular weight is 331 g/mol. The molecule has 0 saturated carbocycles. The Hall–Kier alpha value is -2.15. The molecule has 0 aliphatic carbocycles. The zero-order valence-corrected chi connectivity index (χ0v) is 14.2. The number of rotatable bonds is 8. The summed E-state index contributed by atoms with van der Waals surface area (Å²) in [5, 5.41) is 11.5. The summed E-state index contributed by atoms with van der Waals surface area (Å²) in [6, 6.07) is 3.79. The maximum atomic E-state index is 12.5. The maximum Gasteiger partial charge on any atom is 0.234 e. The van der Waals surface area contributed by atoms with E-state index in [1.807, 2.05) is 30.5 Å². The minimum atomic E-state index is -0.237. The van der Waals surface area contributed by atoms with Crippen molar-refractivity contribution < 1.29 is 4.79 Å². The van der Waals surface area contributed by atoms with E-state index in [2.05, 4.69) is 27.1 Å². The lowest BCUT2D eigenvalue weighted by atomic mass is 10.1. The van der Waals surface area contributed by atoms with Gasteiger partial charge in [-0.15, -0.1) is 16.8 Å². The first-order valence-electron chi connectivity index (χ1n) is 7.43. The quantitative estimate of drug-likeness (QED) is 0.593. The Balaban J connectivity index is 2.01. The minimum absolute atomic E-state index is 0.0120. The fourth-order valence-corrected chi connectivity index (χ4v) is 3.04. The van der Waals surface area contributed by atoms with Crippen molar-refractivity contribution in [3.63, 3.8) is 0 Å². The Labute approximate surface area is 140 Å². The second-order valence-corrected chi connectivity index (χ2v) is 6.52. The van der Waals surface area contributed by atoms with Crippen LogP contribution in [0.5, 0.6) is 0 Å². The largest absolute Gasteiger partial charge is 0.351 e. The van der Waals surface area contributed by atoms with Crippen LogP contribution in [0.2, 0.25) is 0 Å². The topological polar surface area (TPSA) is 72.7 Å². The van der Waals surface area contributed by atoms with E-state index >= 15 is 0 Å². The predicted molar refractivity (Wildman–Crippen MR) is 90.8 cm³/mol. The number of carbonyl (C=O) groups excluding carboxylic acids is 1. The molecule has 0 saturated heterocycles. The number of amides is 1. The van der Waals surface area contributed by atoms with E-state index in [-0.39, 0.29) is 17.1 Å². The van der Waals surface area contributed by atoms with Gasteiger partial charge in [0.1, 0.15) is 6.33 Å². The number of thioether (sulfide) groups is 1. The summed E-state index contributed by atoms with van der Waals surface area (Å²) < 4.78 is 1.88. The number of nitrogens with one attached hydrogen (secondary N) is 1. The van der Waals surface area contributed by atoms with Crippen LogP contribution in [0.25, 0.3) is 0 Å². The van der Waals surface area contributed by atoms with Gasteiger partial charge in [-0.2, -0.15) is 0 Å². The number of hydrogen-bond acceptors (Lipinski definition) is 5. The smallest absolute Gasteiger partial charge is 0.234 e. The fraction of sp³-hybridized carbons (Fsp3) is 0.375. The molecule has 7 heteroatoms. The molecular formula is C16H21N5OS. The van der Waals surface area contributed by atoms with Gasteiger partial charge >= 0.3 is 0 Å². The van der Waals surface area contributed by atoms with Gasteiger partial charge in [0.2, 0.25) is 5.91 Å². The second-order valence-electron chi connectivity index (χ2n) is 5.42. The molecular weight excluding hydrogens is 310 g/mol. The molecule has 1 amide bonds. The number of carbonyl (C=O) groups is 1. The highest BCUT2D eigenvalue weighted by Gasteiger charge is 2.25. The van der Waals surface area contributed by atoms with E-state index in [4.69, 9.17) is 0 Å². The second kappa shape index (κ2) is 8.47. The Morgan fingerprint density at radius 1 is 1.52 bits per heavy atom. The normalized spacial score (nSPS) is 12.1. The van der Waals surface area contributed by atoms with Crippen molar-refractivity contribution in [1.29, 1.82) is 0 Å². The first-order chi connectivity index (χ1) is 11.1. The first kappa shape index (κ1) is 17.2. The molecule has 2 rings (SSSR count). The zero-order valence-electron chi connectivity index (χ0n) is 13.3. The van der Waals surface area contributed by atoms with Crippen LogP contribution in [0.4, 0.5) is 0 Å². The van der Waals surface area contributed by atoms with Crippen molar-refractivity contribution in [2.75, 3.05) is 0 Å². The lowest BCUT2D eigenvalue weighted by Crippen LogP contribution is -2.35. The van der Waals surface area contributed by atoms with Crippen LogP contribution in [0, 0.1) is 5.92 Å². The van der Waals surface area contributed by atoms with Crippen LogP contribution >= 0.6 is 11.8 Å². The minimum Gasteiger partial charge on any atom is -0.351 e. The number of hydrogen-bond donors (Lipinski definition) is 1. The monoisotopic (exact) mass is 331 g/mol. The molecule has 6 nitrogen and oxygen atoms in total. The van der Waals surface area contributed by atoms with Gasteiger partial charge in [-0.05, 0) is 17.5 Å². The highest BCUT2D eigenvalue weighted by atomic mass is 32.2. The molecule has 2 aromatic heterocycles. The van der Waals surface area contributed by atoms with Crippen LogP contribution in [-0.2, 0) is 17.9 Å². The highest BCUT2D eigenvalue weighted by Crippen LogP contribution is 2.26. The molecule has 23 heavy (non-hydrogen) atoms. The molecule has 0 unspecified atom stereocenters. The van der Waals surface area contributed by atoms with Crippen molar-refractivity contribution in [2.45, 2.75) is 37.3 Å². The van der Waals surface area contributed by atoms with E-state index in [1.54, 1.807) is 24.8 Å². The summed E-state index contributed by atoms with van der Waals surface area (Å²) in [6.07, 6.45) is 6.89. The van der Waals surface area contributed by atoms with Crippen molar-refractivity contribution >= 4 is 17.7 Å². The van der Waals surface area contributed by atoms with E-state index in [1.165, 1.54) is 11.8 Å². The summed E-state index contributed by atoms with van der Waals surface area (Å²) >= 11 is 1.43. The third-order valence-electron chi connectivity index (χ3n) is 3.19. The van der Waals surface area contributed by atoms with Crippen molar-refractivity contribution in [1.82, 2.24) is 25.1 Å². The van der Waals surface area contributed by atoms with Crippen LogP contribution in [-0.4, -0.2) is 30.9 Å².